The SMILES string of the molecule is CC(C)c1sccc1C(C)(C)CC(=O)OCc1ccccc1. The molecular formula is C19H24O2S. The van der Waals surface area contributed by atoms with E-state index in [2.05, 4.69) is 39.1 Å². The first kappa shape index (κ1) is 16.8. The summed E-state index contributed by atoms with van der Waals surface area (Å²) in [6.07, 6.45) is 0.399. The van der Waals surface area contributed by atoms with E-state index in [0.717, 1.165) is 5.56 Å². The highest BCUT2D eigenvalue weighted by atomic mass is 32.1. The van der Waals surface area contributed by atoms with Crippen molar-refractivity contribution < 1.29 is 9.53 Å². The number of carbonyl (C=O) groups is 1. The Bertz CT molecular complexity index is 611. The molecule has 0 spiro atoms. The summed E-state index contributed by atoms with van der Waals surface area (Å²) in [5.74, 6) is 0.337. The minimum absolute atomic E-state index is 0.144. The fraction of sp³-hybridized carbons (Fsp3) is 0.421. The minimum atomic E-state index is -0.201. The van der Waals surface area contributed by atoms with Crippen LogP contribution in [-0.4, -0.2) is 5.97 Å². The van der Waals surface area contributed by atoms with Crippen LogP contribution in [0.25, 0.3) is 0 Å². The molecule has 0 amide bonds. The van der Waals surface area contributed by atoms with E-state index in [1.54, 1.807) is 11.3 Å². The number of thiophene rings is 1. The molecule has 1 aromatic carbocycles. The summed E-state index contributed by atoms with van der Waals surface area (Å²) in [6.45, 7) is 8.96. The van der Waals surface area contributed by atoms with Gasteiger partial charge < -0.3 is 4.74 Å². The second-order valence-corrected chi connectivity index (χ2v) is 7.51. The lowest BCUT2D eigenvalue weighted by Gasteiger charge is -2.25. The van der Waals surface area contributed by atoms with Crippen LogP contribution in [0, 0.1) is 0 Å². The van der Waals surface area contributed by atoms with Crippen LogP contribution in [0.1, 0.15) is 56.0 Å². The monoisotopic (exact) mass is 316 g/mol. The van der Waals surface area contributed by atoms with E-state index >= 15 is 0 Å². The smallest absolute Gasteiger partial charge is 0.307 e. The van der Waals surface area contributed by atoms with E-state index in [-0.39, 0.29) is 11.4 Å². The molecule has 0 atom stereocenters. The number of hydrogen-bond donors (Lipinski definition) is 0. The Kier molecular flexibility index (Phi) is 5.41. The lowest BCUT2D eigenvalue weighted by molar-refractivity contribution is -0.146. The molecule has 118 valence electrons. The molecule has 2 aromatic rings. The van der Waals surface area contributed by atoms with Crippen LogP contribution in [0.5, 0.6) is 0 Å². The summed E-state index contributed by atoms with van der Waals surface area (Å²) in [6, 6.07) is 11.9. The number of esters is 1. The van der Waals surface area contributed by atoms with Gasteiger partial charge in [-0.05, 0) is 28.5 Å². The zero-order valence-corrected chi connectivity index (χ0v) is 14.6. The molecule has 0 radical (unpaired) electrons. The van der Waals surface area contributed by atoms with Crippen molar-refractivity contribution in [1.82, 2.24) is 0 Å². The van der Waals surface area contributed by atoms with Gasteiger partial charge in [0.15, 0.2) is 0 Å². The average molecular weight is 316 g/mol. The second kappa shape index (κ2) is 7.10. The highest BCUT2D eigenvalue weighted by Crippen LogP contribution is 2.37. The molecule has 22 heavy (non-hydrogen) atoms. The fourth-order valence-electron chi connectivity index (χ4n) is 2.57. The first-order valence-electron chi connectivity index (χ1n) is 7.67. The van der Waals surface area contributed by atoms with E-state index in [1.807, 2.05) is 30.3 Å². The number of benzene rings is 1. The Morgan fingerprint density at radius 3 is 2.50 bits per heavy atom. The molecule has 1 aromatic heterocycles. The van der Waals surface area contributed by atoms with Crippen LogP contribution in [0.2, 0.25) is 0 Å². The molecule has 0 saturated heterocycles. The predicted molar refractivity (Wildman–Crippen MR) is 92.3 cm³/mol. The van der Waals surface area contributed by atoms with Gasteiger partial charge in [0, 0.05) is 10.3 Å². The van der Waals surface area contributed by atoms with Crippen molar-refractivity contribution in [2.24, 2.45) is 0 Å². The Morgan fingerprint density at radius 2 is 1.86 bits per heavy atom. The first-order valence-corrected chi connectivity index (χ1v) is 8.55. The standard InChI is InChI=1S/C19H24O2S/c1-14(2)18-16(10-11-22-18)19(3,4)12-17(20)21-13-15-8-6-5-7-9-15/h5-11,14H,12-13H2,1-4H3. The molecule has 3 heteroatoms. The van der Waals surface area contributed by atoms with Gasteiger partial charge in [-0.3, -0.25) is 4.79 Å². The van der Waals surface area contributed by atoms with Crippen LogP contribution in [-0.2, 0) is 21.6 Å². The molecule has 1 heterocycles. The number of hydrogen-bond acceptors (Lipinski definition) is 3. The molecule has 0 aliphatic rings. The van der Waals surface area contributed by atoms with Crippen molar-refractivity contribution in [2.45, 2.75) is 52.1 Å². The van der Waals surface area contributed by atoms with Gasteiger partial charge in [-0.15, -0.1) is 11.3 Å². The van der Waals surface area contributed by atoms with Gasteiger partial charge >= 0.3 is 5.97 Å². The normalized spacial score (nSPS) is 11.7. The molecular weight excluding hydrogens is 292 g/mol. The third kappa shape index (κ3) is 4.20. The molecule has 2 rings (SSSR count). The van der Waals surface area contributed by atoms with E-state index in [9.17, 15) is 4.79 Å². The van der Waals surface area contributed by atoms with Gasteiger partial charge in [-0.25, -0.2) is 0 Å². The number of ether oxygens (including phenoxy) is 1. The second-order valence-electron chi connectivity index (χ2n) is 6.56. The summed E-state index contributed by atoms with van der Waals surface area (Å²) in [7, 11) is 0. The summed E-state index contributed by atoms with van der Waals surface area (Å²) in [4.78, 5) is 13.6. The highest BCUT2D eigenvalue weighted by Gasteiger charge is 2.29. The van der Waals surface area contributed by atoms with E-state index < -0.39 is 0 Å². The van der Waals surface area contributed by atoms with Gasteiger partial charge in [0.2, 0.25) is 0 Å². The van der Waals surface area contributed by atoms with Crippen LogP contribution >= 0.6 is 11.3 Å². The lowest BCUT2D eigenvalue weighted by Crippen LogP contribution is -2.24. The third-order valence-corrected chi connectivity index (χ3v) is 5.00. The zero-order chi connectivity index (χ0) is 16.2. The Hall–Kier alpha value is -1.61. The fourth-order valence-corrected chi connectivity index (χ4v) is 3.67. The van der Waals surface area contributed by atoms with E-state index in [4.69, 9.17) is 4.74 Å². The van der Waals surface area contributed by atoms with Crippen LogP contribution in [0.15, 0.2) is 41.8 Å². The van der Waals surface area contributed by atoms with Crippen molar-refractivity contribution in [2.75, 3.05) is 0 Å². The van der Waals surface area contributed by atoms with Gasteiger partial charge in [0.25, 0.3) is 0 Å². The molecule has 0 N–H and O–H groups in total. The number of rotatable bonds is 6. The van der Waals surface area contributed by atoms with Crippen LogP contribution in [0.4, 0.5) is 0 Å². The maximum atomic E-state index is 12.2. The maximum absolute atomic E-state index is 12.2. The summed E-state index contributed by atoms with van der Waals surface area (Å²) in [5.41, 5.74) is 2.09. The molecule has 0 bridgehead atoms. The van der Waals surface area contributed by atoms with Gasteiger partial charge in [0.05, 0.1) is 6.42 Å². The first-order chi connectivity index (χ1) is 10.4. The van der Waals surface area contributed by atoms with E-state index in [1.165, 1.54) is 10.4 Å². The summed E-state index contributed by atoms with van der Waals surface area (Å²) in [5, 5.41) is 2.11. The van der Waals surface area contributed by atoms with Crippen LogP contribution in [0.3, 0.4) is 0 Å². The van der Waals surface area contributed by atoms with E-state index in [0.29, 0.717) is 18.9 Å². The molecule has 0 aliphatic carbocycles. The average Bonchev–Trinajstić information content (AvgIpc) is 2.96. The van der Waals surface area contributed by atoms with Gasteiger partial charge in [-0.2, -0.15) is 0 Å². The molecule has 2 nitrogen and oxygen atoms in total. The summed E-state index contributed by atoms with van der Waals surface area (Å²) < 4.78 is 5.43. The summed E-state index contributed by atoms with van der Waals surface area (Å²) >= 11 is 1.77. The van der Waals surface area contributed by atoms with Gasteiger partial charge in [0.1, 0.15) is 6.61 Å². The van der Waals surface area contributed by atoms with Crippen molar-refractivity contribution in [3.05, 3.63) is 57.8 Å². The van der Waals surface area contributed by atoms with Crippen LogP contribution < -0.4 is 0 Å². The lowest BCUT2D eigenvalue weighted by atomic mass is 9.80. The molecule has 0 unspecified atom stereocenters. The molecule has 0 fully saturated rings. The van der Waals surface area contributed by atoms with Crippen molar-refractivity contribution in [3.8, 4) is 0 Å². The maximum Gasteiger partial charge on any atom is 0.307 e. The zero-order valence-electron chi connectivity index (χ0n) is 13.8. The molecule has 0 aliphatic heterocycles. The minimum Gasteiger partial charge on any atom is -0.461 e. The predicted octanol–water partition coefficient (Wildman–Crippen LogP) is 5.28. The highest BCUT2D eigenvalue weighted by molar-refractivity contribution is 7.10. The quantitative estimate of drug-likeness (QED) is 0.677. The Balaban J connectivity index is 1.99. The van der Waals surface area contributed by atoms with Crippen molar-refractivity contribution in [1.29, 1.82) is 0 Å². The Labute approximate surface area is 137 Å². The Morgan fingerprint density at radius 1 is 1.18 bits per heavy atom. The van der Waals surface area contributed by atoms with Gasteiger partial charge in [-0.1, -0.05) is 58.0 Å². The third-order valence-electron chi connectivity index (χ3n) is 3.78. The van der Waals surface area contributed by atoms with Crippen molar-refractivity contribution in [3.63, 3.8) is 0 Å². The molecule has 0 saturated carbocycles. The largest absolute Gasteiger partial charge is 0.461 e. The van der Waals surface area contributed by atoms with Crippen molar-refractivity contribution >= 4 is 17.3 Å². The topological polar surface area (TPSA) is 26.3 Å². The number of carbonyl (C=O) groups excluding carboxylic acids is 1.